The van der Waals surface area contributed by atoms with Crippen LogP contribution < -0.4 is 0 Å². The van der Waals surface area contributed by atoms with Gasteiger partial charge in [-0.25, -0.2) is 0 Å². The SMILES string of the molecule is CC1(C)O[C@H]2C=C[C@@](O)(O[Si](C)(C)C(C)(C)C)[C@H]2O1. The predicted molar refractivity (Wildman–Crippen MR) is 76.2 cm³/mol. The highest BCUT2D eigenvalue weighted by Crippen LogP contribution is 2.45. The number of hydrogen-bond acceptors (Lipinski definition) is 4. The van der Waals surface area contributed by atoms with E-state index in [2.05, 4.69) is 33.9 Å². The van der Waals surface area contributed by atoms with Crippen LogP contribution in [-0.4, -0.2) is 37.2 Å². The topological polar surface area (TPSA) is 47.9 Å². The van der Waals surface area contributed by atoms with Gasteiger partial charge < -0.3 is 19.0 Å². The Morgan fingerprint density at radius 2 is 1.79 bits per heavy atom. The van der Waals surface area contributed by atoms with Crippen molar-refractivity contribution in [1.29, 1.82) is 0 Å². The summed E-state index contributed by atoms with van der Waals surface area (Å²) in [6.07, 6.45) is 2.81. The lowest BCUT2D eigenvalue weighted by Gasteiger charge is -2.42. The highest BCUT2D eigenvalue weighted by atomic mass is 28.4. The molecule has 3 atom stereocenters. The predicted octanol–water partition coefficient (Wildman–Crippen LogP) is 2.79. The van der Waals surface area contributed by atoms with E-state index in [1.165, 1.54) is 0 Å². The van der Waals surface area contributed by atoms with Gasteiger partial charge in [-0.15, -0.1) is 0 Å². The number of aliphatic hydroxyl groups is 1. The molecular formula is C14H26O4Si. The lowest BCUT2D eigenvalue weighted by molar-refractivity contribution is -0.212. The fraction of sp³-hybridized carbons (Fsp3) is 0.857. The monoisotopic (exact) mass is 286 g/mol. The number of hydrogen-bond donors (Lipinski definition) is 1. The molecule has 5 heteroatoms. The fourth-order valence-corrected chi connectivity index (χ4v) is 3.54. The molecule has 1 heterocycles. The van der Waals surface area contributed by atoms with Crippen molar-refractivity contribution in [1.82, 2.24) is 0 Å². The molecule has 0 unspecified atom stereocenters. The van der Waals surface area contributed by atoms with Crippen LogP contribution in [0.1, 0.15) is 34.6 Å². The van der Waals surface area contributed by atoms with Gasteiger partial charge >= 0.3 is 0 Å². The Hall–Kier alpha value is -0.203. The lowest BCUT2D eigenvalue weighted by Crippen LogP contribution is -2.54. The van der Waals surface area contributed by atoms with Gasteiger partial charge in [0.2, 0.25) is 5.79 Å². The highest BCUT2D eigenvalue weighted by molar-refractivity contribution is 6.74. The van der Waals surface area contributed by atoms with Gasteiger partial charge in [0.1, 0.15) is 12.2 Å². The third-order valence-corrected chi connectivity index (χ3v) is 8.74. The van der Waals surface area contributed by atoms with Gasteiger partial charge in [0.25, 0.3) is 0 Å². The van der Waals surface area contributed by atoms with Gasteiger partial charge in [0.05, 0.1) is 0 Å². The Labute approximate surface area is 116 Å². The number of fused-ring (bicyclic) bond motifs is 1. The second kappa shape index (κ2) is 4.15. The normalized spacial score (nSPS) is 37.7. The lowest BCUT2D eigenvalue weighted by atomic mass is 10.2. The van der Waals surface area contributed by atoms with Crippen LogP contribution in [0.25, 0.3) is 0 Å². The fourth-order valence-electron chi connectivity index (χ4n) is 2.23. The molecule has 1 N–H and O–H groups in total. The number of rotatable bonds is 2. The van der Waals surface area contributed by atoms with Crippen molar-refractivity contribution in [2.75, 3.05) is 0 Å². The van der Waals surface area contributed by atoms with Crippen molar-refractivity contribution < 1.29 is 19.0 Å². The summed E-state index contributed by atoms with van der Waals surface area (Å²) in [4.78, 5) is 0. The van der Waals surface area contributed by atoms with E-state index in [4.69, 9.17) is 13.9 Å². The Balaban J connectivity index is 2.19. The van der Waals surface area contributed by atoms with E-state index in [-0.39, 0.29) is 11.1 Å². The molecule has 1 aliphatic carbocycles. The summed E-state index contributed by atoms with van der Waals surface area (Å²) >= 11 is 0. The molecule has 0 aromatic carbocycles. The standard InChI is InChI=1S/C14H26O4Si/c1-12(2,3)19(6,7)18-14(15)9-8-10-11(14)17-13(4,5)16-10/h8-11,15H,1-7H3/t10-,11-,14+/m0/s1. The summed E-state index contributed by atoms with van der Waals surface area (Å²) in [6, 6.07) is 0. The van der Waals surface area contributed by atoms with Crippen LogP contribution in [0.3, 0.4) is 0 Å². The van der Waals surface area contributed by atoms with Crippen LogP contribution in [0.5, 0.6) is 0 Å². The largest absolute Gasteiger partial charge is 0.385 e. The minimum atomic E-state index is -2.09. The summed E-state index contributed by atoms with van der Waals surface area (Å²) in [5, 5.41) is 10.8. The van der Waals surface area contributed by atoms with Crippen molar-refractivity contribution in [2.24, 2.45) is 0 Å². The van der Waals surface area contributed by atoms with Crippen LogP contribution in [0, 0.1) is 0 Å². The van der Waals surface area contributed by atoms with E-state index in [1.54, 1.807) is 6.08 Å². The maximum absolute atomic E-state index is 10.8. The molecule has 110 valence electrons. The van der Waals surface area contributed by atoms with Crippen molar-refractivity contribution in [3.63, 3.8) is 0 Å². The van der Waals surface area contributed by atoms with Crippen molar-refractivity contribution in [3.8, 4) is 0 Å². The molecule has 0 spiro atoms. The Morgan fingerprint density at radius 3 is 2.32 bits per heavy atom. The Morgan fingerprint density at radius 1 is 1.21 bits per heavy atom. The molecule has 1 fully saturated rings. The molecule has 19 heavy (non-hydrogen) atoms. The average molecular weight is 286 g/mol. The Kier molecular flexibility index (Phi) is 3.32. The first-order valence-corrected chi connectivity index (χ1v) is 9.75. The molecule has 0 aromatic rings. The molecule has 0 saturated carbocycles. The second-order valence-corrected chi connectivity index (χ2v) is 12.2. The molecule has 4 nitrogen and oxygen atoms in total. The van der Waals surface area contributed by atoms with Crippen LogP contribution >= 0.6 is 0 Å². The van der Waals surface area contributed by atoms with E-state index < -0.39 is 26.0 Å². The van der Waals surface area contributed by atoms with Crippen molar-refractivity contribution in [2.45, 2.75) is 76.5 Å². The third kappa shape index (κ3) is 2.67. The molecule has 0 radical (unpaired) electrons. The smallest absolute Gasteiger partial charge is 0.206 e. The van der Waals surface area contributed by atoms with Crippen LogP contribution in [0.2, 0.25) is 18.1 Å². The summed E-state index contributed by atoms with van der Waals surface area (Å²) in [6.45, 7) is 14.4. The van der Waals surface area contributed by atoms with Crippen LogP contribution in [0.15, 0.2) is 12.2 Å². The van der Waals surface area contributed by atoms with Crippen molar-refractivity contribution in [3.05, 3.63) is 12.2 Å². The first kappa shape index (κ1) is 15.2. The highest BCUT2D eigenvalue weighted by Gasteiger charge is 2.57. The first-order valence-electron chi connectivity index (χ1n) is 6.84. The molecule has 0 aromatic heterocycles. The second-order valence-electron chi connectivity index (χ2n) is 7.49. The summed E-state index contributed by atoms with van der Waals surface area (Å²) in [5.74, 6) is -2.05. The summed E-state index contributed by atoms with van der Waals surface area (Å²) in [5.41, 5.74) is 0. The minimum absolute atomic E-state index is 0.0314. The molecule has 1 saturated heterocycles. The molecular weight excluding hydrogens is 260 g/mol. The molecule has 1 aliphatic heterocycles. The zero-order chi connectivity index (χ0) is 14.7. The van der Waals surface area contributed by atoms with E-state index in [0.717, 1.165) is 0 Å². The van der Waals surface area contributed by atoms with Crippen LogP contribution in [0.4, 0.5) is 0 Å². The molecule has 2 rings (SSSR count). The Bertz CT molecular complexity index is 397. The van der Waals surface area contributed by atoms with Gasteiger partial charge in [-0.3, -0.25) is 0 Å². The first-order chi connectivity index (χ1) is 8.36. The molecule has 2 aliphatic rings. The summed E-state index contributed by atoms with van der Waals surface area (Å²) < 4.78 is 17.7. The van der Waals surface area contributed by atoms with Gasteiger partial charge in [-0.05, 0) is 38.1 Å². The minimum Gasteiger partial charge on any atom is -0.385 e. The molecule has 0 amide bonds. The zero-order valence-corrected chi connectivity index (χ0v) is 14.0. The summed E-state index contributed by atoms with van der Waals surface area (Å²) in [7, 11) is -2.09. The van der Waals surface area contributed by atoms with Gasteiger partial charge in [-0.2, -0.15) is 0 Å². The number of ether oxygens (including phenoxy) is 2. The van der Waals surface area contributed by atoms with Gasteiger partial charge in [-0.1, -0.05) is 26.8 Å². The van der Waals surface area contributed by atoms with E-state index >= 15 is 0 Å². The average Bonchev–Trinajstić information content (AvgIpc) is 2.61. The third-order valence-electron chi connectivity index (χ3n) is 4.29. The van der Waals surface area contributed by atoms with Crippen LogP contribution in [-0.2, 0) is 13.9 Å². The van der Waals surface area contributed by atoms with E-state index in [9.17, 15) is 5.11 Å². The zero-order valence-electron chi connectivity index (χ0n) is 13.0. The van der Waals surface area contributed by atoms with E-state index in [1.807, 2.05) is 19.9 Å². The quantitative estimate of drug-likeness (QED) is 0.482. The van der Waals surface area contributed by atoms with Gasteiger partial charge in [0, 0.05) is 0 Å². The maximum Gasteiger partial charge on any atom is 0.206 e. The van der Waals surface area contributed by atoms with Crippen molar-refractivity contribution >= 4 is 8.32 Å². The maximum atomic E-state index is 10.8. The van der Waals surface area contributed by atoms with E-state index in [0.29, 0.717) is 0 Å². The van der Waals surface area contributed by atoms with Gasteiger partial charge in [0.15, 0.2) is 14.1 Å². The molecule has 0 bridgehead atoms.